The molecule has 0 unspecified atom stereocenters. The van der Waals surface area contributed by atoms with E-state index in [9.17, 15) is 8.42 Å². The van der Waals surface area contributed by atoms with Gasteiger partial charge in [0.15, 0.2) is 10.3 Å². The Kier molecular flexibility index (Phi) is 4.73. The summed E-state index contributed by atoms with van der Waals surface area (Å²) in [5.41, 5.74) is 1.18. The van der Waals surface area contributed by atoms with Gasteiger partial charge in [-0.25, -0.2) is 18.5 Å². The van der Waals surface area contributed by atoms with E-state index in [1.54, 1.807) is 30.5 Å². The number of halogens is 1. The van der Waals surface area contributed by atoms with Crippen LogP contribution in [0.15, 0.2) is 47.5 Å². The minimum Gasteiger partial charge on any atom is -0.332 e. The first kappa shape index (κ1) is 15.6. The molecule has 0 aliphatic carbocycles. The molecule has 0 aliphatic rings. The van der Waals surface area contributed by atoms with E-state index in [0.717, 1.165) is 0 Å². The molecule has 0 fully saturated rings. The molecule has 0 radical (unpaired) electrons. The van der Waals surface area contributed by atoms with Gasteiger partial charge in [0.25, 0.3) is 0 Å². The molecule has 2 rings (SSSR count). The monoisotopic (exact) mass is 342 g/mol. The van der Waals surface area contributed by atoms with Crippen molar-refractivity contribution >= 4 is 50.3 Å². The summed E-state index contributed by atoms with van der Waals surface area (Å²) >= 11 is 11.0. The first-order chi connectivity index (χ1) is 9.86. The van der Waals surface area contributed by atoms with Crippen molar-refractivity contribution in [1.29, 1.82) is 0 Å². The summed E-state index contributed by atoms with van der Waals surface area (Å²) in [4.78, 5) is 3.94. The molecule has 0 spiro atoms. The molecule has 21 heavy (non-hydrogen) atoms. The Morgan fingerprint density at radius 2 is 1.86 bits per heavy atom. The minimum atomic E-state index is -3.70. The normalized spacial score (nSPS) is 11.0. The number of anilines is 2. The van der Waals surface area contributed by atoms with Crippen LogP contribution in [0.5, 0.6) is 0 Å². The number of aromatic nitrogens is 1. The van der Waals surface area contributed by atoms with Gasteiger partial charge in [0.2, 0.25) is 10.0 Å². The SMILES string of the molecule is NS(=O)(=O)c1ccc(NC(=S)Nc2cccnc2Cl)cc1. The number of thiocarbonyl (C=S) groups is 1. The van der Waals surface area contributed by atoms with Crippen molar-refractivity contribution in [2.75, 3.05) is 10.6 Å². The maximum Gasteiger partial charge on any atom is 0.238 e. The molecule has 0 bridgehead atoms. The third-order valence-electron chi connectivity index (χ3n) is 2.45. The molecule has 1 heterocycles. The molecule has 6 nitrogen and oxygen atoms in total. The maximum absolute atomic E-state index is 11.1. The molecule has 1 aromatic heterocycles. The average molecular weight is 343 g/mol. The van der Waals surface area contributed by atoms with Crippen LogP contribution in [-0.2, 0) is 10.0 Å². The number of primary sulfonamides is 1. The lowest BCUT2D eigenvalue weighted by Crippen LogP contribution is -2.19. The molecule has 2 aromatic rings. The van der Waals surface area contributed by atoms with E-state index in [2.05, 4.69) is 15.6 Å². The zero-order chi connectivity index (χ0) is 15.5. The maximum atomic E-state index is 11.1. The van der Waals surface area contributed by atoms with E-state index in [4.69, 9.17) is 29.0 Å². The third kappa shape index (κ3) is 4.36. The Balaban J connectivity index is 2.05. The van der Waals surface area contributed by atoms with Crippen molar-refractivity contribution in [1.82, 2.24) is 4.98 Å². The smallest absolute Gasteiger partial charge is 0.238 e. The molecule has 0 saturated heterocycles. The van der Waals surface area contributed by atoms with Gasteiger partial charge < -0.3 is 10.6 Å². The highest BCUT2D eigenvalue weighted by Crippen LogP contribution is 2.18. The van der Waals surface area contributed by atoms with Crippen LogP contribution in [0.3, 0.4) is 0 Å². The first-order valence-electron chi connectivity index (χ1n) is 5.67. The Morgan fingerprint density at radius 3 is 2.43 bits per heavy atom. The molecule has 110 valence electrons. The van der Waals surface area contributed by atoms with Crippen LogP contribution in [0.1, 0.15) is 0 Å². The van der Waals surface area contributed by atoms with Gasteiger partial charge in [-0.1, -0.05) is 11.6 Å². The molecule has 0 aliphatic heterocycles. The van der Waals surface area contributed by atoms with Gasteiger partial charge in [0.05, 0.1) is 10.6 Å². The molecular formula is C12H11ClN4O2S2. The third-order valence-corrected chi connectivity index (χ3v) is 3.88. The fraction of sp³-hybridized carbons (Fsp3) is 0. The predicted molar refractivity (Wildman–Crippen MR) is 86.9 cm³/mol. The number of sulfonamides is 1. The van der Waals surface area contributed by atoms with Gasteiger partial charge >= 0.3 is 0 Å². The summed E-state index contributed by atoms with van der Waals surface area (Å²) < 4.78 is 22.3. The molecular weight excluding hydrogens is 332 g/mol. The molecule has 9 heteroatoms. The van der Waals surface area contributed by atoms with Crippen molar-refractivity contribution in [2.24, 2.45) is 5.14 Å². The van der Waals surface area contributed by atoms with Gasteiger partial charge in [-0.2, -0.15) is 0 Å². The van der Waals surface area contributed by atoms with Gasteiger partial charge in [0, 0.05) is 11.9 Å². The Hall–Kier alpha value is -1.74. The second-order valence-corrected chi connectivity index (χ2v) is 6.32. The Labute approximate surface area is 132 Å². The number of hydrogen-bond donors (Lipinski definition) is 3. The van der Waals surface area contributed by atoms with E-state index in [1.165, 1.54) is 12.1 Å². The van der Waals surface area contributed by atoms with Crippen LogP contribution in [0.2, 0.25) is 5.15 Å². The van der Waals surface area contributed by atoms with Gasteiger partial charge in [0.1, 0.15) is 0 Å². The lowest BCUT2D eigenvalue weighted by atomic mass is 10.3. The quantitative estimate of drug-likeness (QED) is 0.584. The average Bonchev–Trinajstić information content (AvgIpc) is 2.41. The molecule has 1 aromatic carbocycles. The summed E-state index contributed by atoms with van der Waals surface area (Å²) in [6, 6.07) is 9.33. The molecule has 0 saturated carbocycles. The second-order valence-electron chi connectivity index (χ2n) is 3.99. The summed E-state index contributed by atoms with van der Waals surface area (Å²) in [7, 11) is -3.70. The van der Waals surface area contributed by atoms with E-state index in [0.29, 0.717) is 21.6 Å². The molecule has 0 amide bonds. The lowest BCUT2D eigenvalue weighted by Gasteiger charge is -2.11. The highest BCUT2D eigenvalue weighted by Gasteiger charge is 2.07. The van der Waals surface area contributed by atoms with E-state index >= 15 is 0 Å². The fourth-order valence-corrected chi connectivity index (χ4v) is 2.40. The highest BCUT2D eigenvalue weighted by atomic mass is 35.5. The van der Waals surface area contributed by atoms with Crippen molar-refractivity contribution < 1.29 is 8.42 Å². The summed E-state index contributed by atoms with van der Waals surface area (Å²) in [6.45, 7) is 0. The summed E-state index contributed by atoms with van der Waals surface area (Å²) in [5, 5.41) is 11.4. The number of nitrogens with zero attached hydrogens (tertiary/aromatic N) is 1. The first-order valence-corrected chi connectivity index (χ1v) is 8.01. The predicted octanol–water partition coefficient (Wildman–Crippen LogP) is 2.19. The zero-order valence-corrected chi connectivity index (χ0v) is 13.0. The lowest BCUT2D eigenvalue weighted by molar-refractivity contribution is 0.598. The number of benzene rings is 1. The van der Waals surface area contributed by atoms with Crippen molar-refractivity contribution in [3.63, 3.8) is 0 Å². The van der Waals surface area contributed by atoms with Gasteiger partial charge in [-0.05, 0) is 48.6 Å². The Morgan fingerprint density at radius 1 is 1.19 bits per heavy atom. The number of rotatable bonds is 3. The van der Waals surface area contributed by atoms with Gasteiger partial charge in [-0.3, -0.25) is 0 Å². The largest absolute Gasteiger partial charge is 0.332 e. The number of nitrogens with one attached hydrogen (secondary N) is 2. The minimum absolute atomic E-state index is 0.0298. The Bertz CT molecular complexity index is 763. The number of pyridine rings is 1. The van der Waals surface area contributed by atoms with E-state index in [-0.39, 0.29) is 4.90 Å². The van der Waals surface area contributed by atoms with Crippen LogP contribution in [-0.4, -0.2) is 18.5 Å². The van der Waals surface area contributed by atoms with Crippen LogP contribution in [0, 0.1) is 0 Å². The van der Waals surface area contributed by atoms with Crippen LogP contribution < -0.4 is 15.8 Å². The van der Waals surface area contributed by atoms with Crippen molar-refractivity contribution in [3.05, 3.63) is 47.7 Å². The standard InChI is InChI=1S/C12H11ClN4O2S2/c13-11-10(2-1-7-15-11)17-12(20)16-8-3-5-9(6-4-8)21(14,18)19/h1-7H,(H2,14,18,19)(H2,16,17,20). The van der Waals surface area contributed by atoms with Crippen LogP contribution >= 0.6 is 23.8 Å². The van der Waals surface area contributed by atoms with E-state index < -0.39 is 10.0 Å². The summed E-state index contributed by atoms with van der Waals surface area (Å²) in [5.74, 6) is 0. The highest BCUT2D eigenvalue weighted by molar-refractivity contribution is 7.89. The van der Waals surface area contributed by atoms with E-state index in [1.807, 2.05) is 0 Å². The summed E-state index contributed by atoms with van der Waals surface area (Å²) in [6.07, 6.45) is 1.57. The van der Waals surface area contributed by atoms with Crippen molar-refractivity contribution in [3.8, 4) is 0 Å². The second kappa shape index (κ2) is 6.35. The molecule has 4 N–H and O–H groups in total. The van der Waals surface area contributed by atoms with Crippen LogP contribution in [0.25, 0.3) is 0 Å². The van der Waals surface area contributed by atoms with Gasteiger partial charge in [-0.15, -0.1) is 0 Å². The fourth-order valence-electron chi connectivity index (χ4n) is 1.49. The zero-order valence-electron chi connectivity index (χ0n) is 10.6. The number of nitrogens with two attached hydrogens (primary N) is 1. The van der Waals surface area contributed by atoms with Crippen LogP contribution in [0.4, 0.5) is 11.4 Å². The molecule has 0 atom stereocenters. The number of hydrogen-bond acceptors (Lipinski definition) is 4. The van der Waals surface area contributed by atoms with Crippen molar-refractivity contribution in [2.45, 2.75) is 4.90 Å². The topological polar surface area (TPSA) is 97.1 Å².